The number of para-hydroxylation sites is 1. The van der Waals surface area contributed by atoms with E-state index >= 15 is 0 Å². The average Bonchev–Trinajstić information content (AvgIpc) is 2.68. The van der Waals surface area contributed by atoms with E-state index in [2.05, 4.69) is 11.8 Å². The number of rotatable bonds is 10. The van der Waals surface area contributed by atoms with Crippen LogP contribution in [0.1, 0.15) is 57.8 Å². The molecule has 0 fully saturated rings. The molecule has 28 heavy (non-hydrogen) atoms. The van der Waals surface area contributed by atoms with Gasteiger partial charge in [0.1, 0.15) is 5.82 Å². The highest BCUT2D eigenvalue weighted by atomic mass is 16.2. The van der Waals surface area contributed by atoms with Gasteiger partial charge >= 0.3 is 0 Å². The predicted octanol–water partition coefficient (Wildman–Crippen LogP) is 3.36. The van der Waals surface area contributed by atoms with Gasteiger partial charge in [-0.3, -0.25) is 14.2 Å². The van der Waals surface area contributed by atoms with E-state index in [1.807, 2.05) is 44.1 Å². The maximum atomic E-state index is 13.1. The molecule has 1 amide bonds. The van der Waals surface area contributed by atoms with Gasteiger partial charge in [-0.25, -0.2) is 4.98 Å². The molecule has 0 saturated carbocycles. The molecular weight excluding hydrogens is 352 g/mol. The number of hydrogen-bond donors (Lipinski definition) is 0. The lowest BCUT2D eigenvalue weighted by Crippen LogP contribution is -2.41. The monoisotopic (exact) mass is 386 g/mol. The molecular formula is C22H34N4O2. The smallest absolute Gasteiger partial charge is 0.261 e. The Kier molecular flexibility index (Phi) is 8.18. The Morgan fingerprint density at radius 1 is 1.14 bits per heavy atom. The Balaban J connectivity index is 2.44. The maximum absolute atomic E-state index is 13.1. The fraction of sp³-hybridized carbons (Fsp3) is 0.591. The van der Waals surface area contributed by atoms with Crippen LogP contribution in [0, 0.1) is 0 Å². The number of amides is 1. The van der Waals surface area contributed by atoms with Gasteiger partial charge in [0, 0.05) is 26.6 Å². The van der Waals surface area contributed by atoms with Crippen molar-refractivity contribution in [2.24, 2.45) is 7.05 Å². The summed E-state index contributed by atoms with van der Waals surface area (Å²) in [4.78, 5) is 34.7. The summed E-state index contributed by atoms with van der Waals surface area (Å²) in [7, 11) is 5.76. The summed E-state index contributed by atoms with van der Waals surface area (Å²) in [6.07, 6.45) is 4.29. The first-order valence-corrected chi connectivity index (χ1v) is 10.3. The van der Waals surface area contributed by atoms with Crippen LogP contribution in [0.3, 0.4) is 0 Å². The minimum absolute atomic E-state index is 0.0648. The first-order valence-electron chi connectivity index (χ1n) is 10.3. The second-order valence-corrected chi connectivity index (χ2v) is 7.62. The summed E-state index contributed by atoms with van der Waals surface area (Å²) in [6, 6.07) is 7.19. The Labute approximate surface area is 168 Å². The van der Waals surface area contributed by atoms with E-state index in [4.69, 9.17) is 4.98 Å². The predicted molar refractivity (Wildman–Crippen MR) is 114 cm³/mol. The molecule has 6 heteroatoms. The highest BCUT2D eigenvalue weighted by molar-refractivity contribution is 5.78. The number of nitrogens with zero attached hydrogens (tertiary/aromatic N) is 4. The van der Waals surface area contributed by atoms with E-state index in [1.165, 1.54) is 0 Å². The molecule has 1 aromatic carbocycles. The van der Waals surface area contributed by atoms with Gasteiger partial charge in [0.25, 0.3) is 5.56 Å². The lowest BCUT2D eigenvalue weighted by atomic mass is 10.1. The molecule has 0 bridgehead atoms. The molecule has 0 radical (unpaired) electrons. The molecule has 2 aromatic rings. The zero-order valence-corrected chi connectivity index (χ0v) is 17.9. The van der Waals surface area contributed by atoms with Crippen LogP contribution in [0.5, 0.6) is 0 Å². The molecule has 0 spiro atoms. The molecule has 1 heterocycles. The molecule has 0 saturated heterocycles. The lowest BCUT2D eigenvalue weighted by molar-refractivity contribution is -0.134. The van der Waals surface area contributed by atoms with Crippen molar-refractivity contribution in [3.8, 4) is 0 Å². The molecule has 1 aromatic heterocycles. The largest absolute Gasteiger partial charge is 0.331 e. The molecule has 1 atom stereocenters. The number of likely N-dealkylation sites (N-methyl/N-ethyl adjacent to an activating group) is 1. The molecule has 0 N–H and O–H groups in total. The lowest BCUT2D eigenvalue weighted by Gasteiger charge is -2.33. The Bertz CT molecular complexity index is 844. The number of unbranched alkanes of at least 4 members (excludes halogenated alkanes) is 2. The molecule has 1 unspecified atom stereocenters. The number of carbonyl (C=O) groups excluding carboxylic acids is 1. The van der Waals surface area contributed by atoms with Crippen molar-refractivity contribution in [3.05, 3.63) is 40.4 Å². The van der Waals surface area contributed by atoms with Crippen LogP contribution in [0.2, 0.25) is 0 Å². The molecule has 0 aliphatic heterocycles. The minimum atomic E-state index is -0.212. The summed E-state index contributed by atoms with van der Waals surface area (Å²) < 4.78 is 1.61. The highest BCUT2D eigenvalue weighted by Crippen LogP contribution is 2.24. The maximum Gasteiger partial charge on any atom is 0.261 e. The van der Waals surface area contributed by atoms with Crippen LogP contribution in [-0.2, 0) is 11.8 Å². The summed E-state index contributed by atoms with van der Waals surface area (Å²) in [5.41, 5.74) is 0.620. The van der Waals surface area contributed by atoms with Crippen molar-refractivity contribution < 1.29 is 4.79 Å². The van der Waals surface area contributed by atoms with Crippen molar-refractivity contribution in [2.45, 2.75) is 52.0 Å². The molecule has 0 aliphatic rings. The van der Waals surface area contributed by atoms with Crippen LogP contribution in [0.25, 0.3) is 10.9 Å². The highest BCUT2D eigenvalue weighted by Gasteiger charge is 2.27. The molecule has 0 aliphatic carbocycles. The van der Waals surface area contributed by atoms with Crippen molar-refractivity contribution in [2.75, 3.05) is 27.2 Å². The summed E-state index contributed by atoms with van der Waals surface area (Å²) >= 11 is 0. The zero-order valence-electron chi connectivity index (χ0n) is 17.9. The van der Waals surface area contributed by atoms with Gasteiger partial charge in [0.15, 0.2) is 0 Å². The number of fused-ring (bicyclic) bond motifs is 1. The van der Waals surface area contributed by atoms with E-state index < -0.39 is 0 Å². The van der Waals surface area contributed by atoms with Gasteiger partial charge in [-0.2, -0.15) is 0 Å². The van der Waals surface area contributed by atoms with Gasteiger partial charge in [0.2, 0.25) is 5.91 Å². The van der Waals surface area contributed by atoms with E-state index in [0.717, 1.165) is 25.8 Å². The normalized spacial score (nSPS) is 12.5. The number of aromatic nitrogens is 2. The van der Waals surface area contributed by atoms with E-state index in [9.17, 15) is 9.59 Å². The van der Waals surface area contributed by atoms with E-state index in [-0.39, 0.29) is 17.5 Å². The molecule has 6 nitrogen and oxygen atoms in total. The fourth-order valence-electron chi connectivity index (χ4n) is 3.51. The third kappa shape index (κ3) is 5.19. The summed E-state index contributed by atoms with van der Waals surface area (Å²) in [6.45, 7) is 5.59. The minimum Gasteiger partial charge on any atom is -0.331 e. The van der Waals surface area contributed by atoms with Gasteiger partial charge in [-0.15, -0.1) is 0 Å². The molecule has 2 rings (SSSR count). The van der Waals surface area contributed by atoms with Crippen LogP contribution in [0.4, 0.5) is 0 Å². The Morgan fingerprint density at radius 3 is 2.50 bits per heavy atom. The van der Waals surface area contributed by atoms with Crippen molar-refractivity contribution in [1.82, 2.24) is 19.4 Å². The van der Waals surface area contributed by atoms with Crippen molar-refractivity contribution in [3.63, 3.8) is 0 Å². The van der Waals surface area contributed by atoms with Crippen LogP contribution >= 0.6 is 0 Å². The third-order valence-corrected chi connectivity index (χ3v) is 5.18. The van der Waals surface area contributed by atoms with Gasteiger partial charge in [-0.1, -0.05) is 38.8 Å². The van der Waals surface area contributed by atoms with E-state index in [1.54, 1.807) is 17.7 Å². The second kappa shape index (κ2) is 10.4. The number of benzene rings is 1. The Hall–Kier alpha value is -2.21. The topological polar surface area (TPSA) is 58.4 Å². The standard InChI is InChI=1S/C22H34N4O2/c1-6-8-9-14-20(27)26(16-15-24(3)4)19(7-2)21-23-18-13-11-10-12-17(18)22(28)25(21)5/h10-13,19H,6-9,14-16H2,1-5H3. The molecule has 154 valence electrons. The van der Waals surface area contributed by atoms with Crippen LogP contribution in [0.15, 0.2) is 29.1 Å². The second-order valence-electron chi connectivity index (χ2n) is 7.62. The first-order chi connectivity index (χ1) is 13.4. The summed E-state index contributed by atoms with van der Waals surface area (Å²) in [5, 5.41) is 0.609. The van der Waals surface area contributed by atoms with E-state index in [0.29, 0.717) is 36.1 Å². The van der Waals surface area contributed by atoms with Gasteiger partial charge in [0.05, 0.1) is 16.9 Å². The zero-order chi connectivity index (χ0) is 20.7. The van der Waals surface area contributed by atoms with Crippen molar-refractivity contribution in [1.29, 1.82) is 0 Å². The van der Waals surface area contributed by atoms with Gasteiger partial charge in [-0.05, 0) is 39.1 Å². The fourth-order valence-corrected chi connectivity index (χ4v) is 3.51. The number of carbonyl (C=O) groups is 1. The van der Waals surface area contributed by atoms with Crippen LogP contribution < -0.4 is 5.56 Å². The number of hydrogen-bond acceptors (Lipinski definition) is 4. The van der Waals surface area contributed by atoms with Crippen LogP contribution in [-0.4, -0.2) is 52.4 Å². The Morgan fingerprint density at radius 2 is 1.86 bits per heavy atom. The average molecular weight is 387 g/mol. The third-order valence-electron chi connectivity index (χ3n) is 5.18. The quantitative estimate of drug-likeness (QED) is 0.588. The van der Waals surface area contributed by atoms with Crippen molar-refractivity contribution >= 4 is 16.8 Å². The van der Waals surface area contributed by atoms with Gasteiger partial charge < -0.3 is 9.80 Å². The SMILES string of the molecule is CCCCCC(=O)N(CCN(C)C)C(CC)c1nc2ccccc2c(=O)n1C. The summed E-state index contributed by atoms with van der Waals surface area (Å²) in [5.74, 6) is 0.804. The first kappa shape index (κ1) is 22.1.